The highest BCUT2D eigenvalue weighted by Crippen LogP contribution is 2.21. The topological polar surface area (TPSA) is 43.1 Å². The van der Waals surface area contributed by atoms with E-state index in [9.17, 15) is 17.4 Å². The predicted octanol–water partition coefficient (Wildman–Crippen LogP) is 2.99. The first kappa shape index (κ1) is 13.6. The first-order valence-corrected chi connectivity index (χ1v) is 6.67. The smallest absolute Gasteiger partial charge is 0.141 e. The molecule has 0 heterocycles. The number of halogens is 3. The van der Waals surface area contributed by atoms with Gasteiger partial charge in [-0.3, -0.25) is 4.21 Å². The van der Waals surface area contributed by atoms with Crippen molar-refractivity contribution >= 4 is 16.5 Å². The van der Waals surface area contributed by atoms with Crippen LogP contribution in [0.2, 0.25) is 0 Å². The third-order valence-electron chi connectivity index (χ3n) is 2.54. The molecule has 2 aromatic rings. The fraction of sp³-hybridized carbons (Fsp3) is 0.0769. The molecule has 0 aromatic heterocycles. The molecule has 0 spiro atoms. The van der Waals surface area contributed by atoms with Gasteiger partial charge in [0.2, 0.25) is 0 Å². The molecule has 0 aliphatic rings. The molecule has 100 valence electrons. The van der Waals surface area contributed by atoms with Crippen molar-refractivity contribution in [3.05, 3.63) is 59.4 Å². The lowest BCUT2D eigenvalue weighted by Crippen LogP contribution is -2.04. The summed E-state index contributed by atoms with van der Waals surface area (Å²) in [6.07, 6.45) is 0. The van der Waals surface area contributed by atoms with Gasteiger partial charge in [0.15, 0.2) is 0 Å². The van der Waals surface area contributed by atoms with Gasteiger partial charge < -0.3 is 5.73 Å². The zero-order chi connectivity index (χ0) is 14.0. The second-order valence-corrected chi connectivity index (χ2v) is 5.30. The van der Waals surface area contributed by atoms with E-state index in [2.05, 4.69) is 0 Å². The van der Waals surface area contributed by atoms with Crippen molar-refractivity contribution < 1.29 is 17.4 Å². The molecule has 0 saturated heterocycles. The molecular formula is C13H10F3NOS. The summed E-state index contributed by atoms with van der Waals surface area (Å²) in [5.74, 6) is -2.79. The van der Waals surface area contributed by atoms with E-state index in [4.69, 9.17) is 5.73 Å². The van der Waals surface area contributed by atoms with Crippen LogP contribution < -0.4 is 5.73 Å². The number of nitrogens with two attached hydrogens (primary N) is 1. The summed E-state index contributed by atoms with van der Waals surface area (Å²) in [6.45, 7) is 0. The number of hydrogen-bond donors (Lipinski definition) is 1. The summed E-state index contributed by atoms with van der Waals surface area (Å²) in [7, 11) is -1.89. The van der Waals surface area contributed by atoms with Crippen molar-refractivity contribution in [1.29, 1.82) is 0 Å². The van der Waals surface area contributed by atoms with E-state index in [0.29, 0.717) is 0 Å². The summed E-state index contributed by atoms with van der Waals surface area (Å²) >= 11 is 0. The maximum Gasteiger partial charge on any atom is 0.141 e. The van der Waals surface area contributed by atoms with Crippen LogP contribution in [-0.4, -0.2) is 4.21 Å². The van der Waals surface area contributed by atoms with Crippen molar-refractivity contribution in [2.45, 2.75) is 10.6 Å². The number of hydrogen-bond acceptors (Lipinski definition) is 2. The minimum absolute atomic E-state index is 0.128. The van der Waals surface area contributed by atoms with Gasteiger partial charge >= 0.3 is 0 Å². The average molecular weight is 285 g/mol. The standard InChI is InChI=1S/C13H10F3NOS/c14-10-2-1-3-11(15)9(10)7-19(18)13-5-4-8(17)6-12(13)16/h1-6H,7,17H2. The first-order valence-electron chi connectivity index (χ1n) is 5.35. The van der Waals surface area contributed by atoms with Gasteiger partial charge in [0.25, 0.3) is 0 Å². The zero-order valence-corrected chi connectivity index (χ0v) is 10.5. The van der Waals surface area contributed by atoms with E-state index in [0.717, 1.165) is 18.2 Å². The molecule has 0 bridgehead atoms. The molecule has 1 unspecified atom stereocenters. The maximum absolute atomic E-state index is 13.5. The van der Waals surface area contributed by atoms with E-state index in [1.807, 2.05) is 0 Å². The Morgan fingerprint density at radius 3 is 2.21 bits per heavy atom. The van der Waals surface area contributed by atoms with Gasteiger partial charge in [-0.1, -0.05) is 6.07 Å². The molecule has 2 nitrogen and oxygen atoms in total. The van der Waals surface area contributed by atoms with Crippen molar-refractivity contribution in [3.63, 3.8) is 0 Å². The van der Waals surface area contributed by atoms with Crippen LogP contribution in [0, 0.1) is 17.5 Å². The summed E-state index contributed by atoms with van der Waals surface area (Å²) in [6, 6.07) is 6.99. The molecule has 19 heavy (non-hydrogen) atoms. The largest absolute Gasteiger partial charge is 0.399 e. The second-order valence-electron chi connectivity index (χ2n) is 3.88. The molecule has 2 N–H and O–H groups in total. The highest BCUT2D eigenvalue weighted by molar-refractivity contribution is 7.84. The fourth-order valence-electron chi connectivity index (χ4n) is 1.58. The molecular weight excluding hydrogens is 275 g/mol. The van der Waals surface area contributed by atoms with Crippen LogP contribution in [0.3, 0.4) is 0 Å². The van der Waals surface area contributed by atoms with Gasteiger partial charge in [0, 0.05) is 11.3 Å². The zero-order valence-electron chi connectivity index (χ0n) is 9.70. The fourth-order valence-corrected chi connectivity index (χ4v) is 2.77. The lowest BCUT2D eigenvalue weighted by molar-refractivity contribution is 0.563. The molecule has 1 atom stereocenters. The van der Waals surface area contributed by atoms with Crippen LogP contribution in [0.15, 0.2) is 41.3 Å². The SMILES string of the molecule is Nc1ccc(S(=O)Cc2c(F)cccc2F)c(F)c1. The average Bonchev–Trinajstić information content (AvgIpc) is 2.33. The van der Waals surface area contributed by atoms with Gasteiger partial charge in [0.05, 0.1) is 21.4 Å². The quantitative estimate of drug-likeness (QED) is 0.881. The maximum atomic E-state index is 13.5. The van der Waals surface area contributed by atoms with E-state index in [1.54, 1.807) is 0 Å². The lowest BCUT2D eigenvalue weighted by atomic mass is 10.2. The van der Waals surface area contributed by atoms with E-state index < -0.39 is 34.0 Å². The van der Waals surface area contributed by atoms with Crippen LogP contribution in [-0.2, 0) is 16.6 Å². The van der Waals surface area contributed by atoms with Crippen LogP contribution in [0.25, 0.3) is 0 Å². The molecule has 0 aliphatic carbocycles. The molecule has 0 aliphatic heterocycles. The van der Waals surface area contributed by atoms with Crippen molar-refractivity contribution in [2.75, 3.05) is 5.73 Å². The Bertz CT molecular complexity index is 626. The Hall–Kier alpha value is -1.82. The minimum Gasteiger partial charge on any atom is -0.399 e. The Labute approximate surface area is 110 Å². The predicted molar refractivity (Wildman–Crippen MR) is 67.3 cm³/mol. The molecule has 0 amide bonds. The molecule has 0 radical (unpaired) electrons. The third-order valence-corrected chi connectivity index (χ3v) is 3.91. The summed E-state index contributed by atoms with van der Waals surface area (Å²) in [5, 5.41) is 0. The van der Waals surface area contributed by atoms with Crippen molar-refractivity contribution in [1.82, 2.24) is 0 Å². The lowest BCUT2D eigenvalue weighted by Gasteiger charge is -2.06. The molecule has 6 heteroatoms. The Balaban J connectivity index is 2.31. The van der Waals surface area contributed by atoms with Crippen LogP contribution in [0.4, 0.5) is 18.9 Å². The van der Waals surface area contributed by atoms with E-state index >= 15 is 0 Å². The van der Waals surface area contributed by atoms with Gasteiger partial charge in [-0.2, -0.15) is 0 Å². The van der Waals surface area contributed by atoms with Crippen LogP contribution in [0.1, 0.15) is 5.56 Å². The van der Waals surface area contributed by atoms with Gasteiger partial charge in [0.1, 0.15) is 17.5 Å². The van der Waals surface area contributed by atoms with Gasteiger partial charge in [-0.25, -0.2) is 13.2 Å². The third kappa shape index (κ3) is 2.96. The first-order chi connectivity index (χ1) is 8.99. The van der Waals surface area contributed by atoms with E-state index in [-0.39, 0.29) is 16.1 Å². The summed E-state index contributed by atoms with van der Waals surface area (Å²) in [4.78, 5) is -0.128. The van der Waals surface area contributed by atoms with Gasteiger partial charge in [-0.15, -0.1) is 0 Å². The van der Waals surface area contributed by atoms with E-state index in [1.165, 1.54) is 18.2 Å². The summed E-state index contributed by atoms with van der Waals surface area (Å²) < 4.78 is 52.3. The number of benzene rings is 2. The number of anilines is 1. The second kappa shape index (κ2) is 5.44. The number of rotatable bonds is 3. The van der Waals surface area contributed by atoms with Crippen LogP contribution >= 0.6 is 0 Å². The molecule has 0 saturated carbocycles. The Morgan fingerprint density at radius 2 is 1.63 bits per heavy atom. The highest BCUT2D eigenvalue weighted by atomic mass is 32.2. The monoisotopic (exact) mass is 285 g/mol. The van der Waals surface area contributed by atoms with Gasteiger partial charge in [-0.05, 0) is 30.3 Å². The molecule has 2 aromatic carbocycles. The normalized spacial score (nSPS) is 12.4. The van der Waals surface area contributed by atoms with Crippen LogP contribution in [0.5, 0.6) is 0 Å². The Morgan fingerprint density at radius 1 is 1.00 bits per heavy atom. The Kier molecular flexibility index (Phi) is 3.90. The summed E-state index contributed by atoms with van der Waals surface area (Å²) in [5.41, 5.74) is 5.24. The van der Waals surface area contributed by atoms with Crippen molar-refractivity contribution in [3.8, 4) is 0 Å². The molecule has 2 rings (SSSR count). The molecule has 0 fully saturated rings. The number of nitrogen functional groups attached to an aromatic ring is 1. The highest BCUT2D eigenvalue weighted by Gasteiger charge is 2.16. The van der Waals surface area contributed by atoms with Crippen molar-refractivity contribution in [2.24, 2.45) is 0 Å². The minimum atomic E-state index is -1.89.